The number of pyridine rings is 1. The number of aromatic nitrogens is 1. The van der Waals surface area contributed by atoms with Crippen LogP contribution in [0.15, 0.2) is 70.2 Å². The summed E-state index contributed by atoms with van der Waals surface area (Å²) >= 11 is 0. The number of hydrogen-bond donors (Lipinski definition) is 0. The highest BCUT2D eigenvalue weighted by Gasteiger charge is 2.37. The van der Waals surface area contributed by atoms with E-state index in [4.69, 9.17) is 8.83 Å². The fourth-order valence-corrected chi connectivity index (χ4v) is 3.45. The maximum absolute atomic E-state index is 13.2. The Morgan fingerprint density at radius 1 is 1.11 bits per heavy atom. The molecule has 144 valence electrons. The number of likely N-dealkylation sites (tertiary alicyclic amines) is 1. The molecule has 0 spiro atoms. The molecule has 1 atom stereocenters. The predicted molar refractivity (Wildman–Crippen MR) is 99.4 cm³/mol. The molecule has 2 amide bonds. The van der Waals surface area contributed by atoms with Gasteiger partial charge in [0.05, 0.1) is 31.5 Å². The van der Waals surface area contributed by atoms with Gasteiger partial charge in [0.15, 0.2) is 0 Å². The van der Waals surface area contributed by atoms with Crippen molar-refractivity contribution in [2.45, 2.75) is 26.1 Å². The van der Waals surface area contributed by atoms with E-state index in [1.54, 1.807) is 46.9 Å². The topological polar surface area (TPSA) is 79.8 Å². The number of carbonyl (C=O) groups excluding carboxylic acids is 2. The van der Waals surface area contributed by atoms with Crippen molar-refractivity contribution >= 4 is 11.8 Å². The van der Waals surface area contributed by atoms with Crippen molar-refractivity contribution < 1.29 is 18.4 Å². The van der Waals surface area contributed by atoms with Crippen molar-refractivity contribution in [1.29, 1.82) is 0 Å². The van der Waals surface area contributed by atoms with Gasteiger partial charge in [-0.25, -0.2) is 0 Å². The smallest absolute Gasteiger partial charge is 0.228 e. The van der Waals surface area contributed by atoms with Gasteiger partial charge in [-0.2, -0.15) is 0 Å². The quantitative estimate of drug-likeness (QED) is 0.631. The molecule has 4 heterocycles. The van der Waals surface area contributed by atoms with Gasteiger partial charge < -0.3 is 18.6 Å². The fourth-order valence-electron chi connectivity index (χ4n) is 3.45. The van der Waals surface area contributed by atoms with E-state index in [2.05, 4.69) is 4.98 Å². The lowest BCUT2D eigenvalue weighted by atomic mass is 10.1. The summed E-state index contributed by atoms with van der Waals surface area (Å²) in [6.45, 7) is 1.54. The lowest BCUT2D eigenvalue weighted by Gasteiger charge is -2.25. The van der Waals surface area contributed by atoms with Gasteiger partial charge in [-0.3, -0.25) is 14.6 Å². The Morgan fingerprint density at radius 2 is 1.89 bits per heavy atom. The van der Waals surface area contributed by atoms with Crippen LogP contribution in [0.4, 0.5) is 0 Å². The van der Waals surface area contributed by atoms with Crippen LogP contribution >= 0.6 is 0 Å². The Hall–Kier alpha value is -3.35. The molecule has 4 rings (SSSR count). The maximum atomic E-state index is 13.2. The Labute approximate surface area is 162 Å². The van der Waals surface area contributed by atoms with Crippen LogP contribution in [0.3, 0.4) is 0 Å². The minimum Gasteiger partial charge on any atom is -0.467 e. The highest BCUT2D eigenvalue weighted by Crippen LogP contribution is 2.24. The van der Waals surface area contributed by atoms with Crippen molar-refractivity contribution in [1.82, 2.24) is 14.8 Å². The molecular formula is C21H21N3O4. The van der Waals surface area contributed by atoms with Crippen molar-refractivity contribution in [2.75, 3.05) is 6.54 Å². The minimum atomic E-state index is -0.380. The highest BCUT2D eigenvalue weighted by atomic mass is 16.3. The summed E-state index contributed by atoms with van der Waals surface area (Å²) in [5.41, 5.74) is 0.930. The molecule has 1 aliphatic rings. The second-order valence-corrected chi connectivity index (χ2v) is 6.89. The number of furan rings is 2. The molecule has 0 aliphatic carbocycles. The van der Waals surface area contributed by atoms with Crippen LogP contribution in [0, 0.1) is 5.92 Å². The molecule has 0 aromatic carbocycles. The second-order valence-electron chi connectivity index (χ2n) is 6.89. The lowest BCUT2D eigenvalue weighted by molar-refractivity contribution is -0.137. The van der Waals surface area contributed by atoms with Crippen LogP contribution in [0.25, 0.3) is 0 Å². The Kier molecular flexibility index (Phi) is 5.23. The van der Waals surface area contributed by atoms with Crippen LogP contribution in [-0.4, -0.2) is 33.1 Å². The zero-order valence-electron chi connectivity index (χ0n) is 15.4. The third kappa shape index (κ3) is 4.14. The molecule has 3 aromatic rings. The summed E-state index contributed by atoms with van der Waals surface area (Å²) in [6, 6.07) is 11.0. The van der Waals surface area contributed by atoms with E-state index >= 15 is 0 Å². The molecule has 0 saturated carbocycles. The first kappa shape index (κ1) is 18.0. The molecule has 1 unspecified atom stereocenters. The van der Waals surface area contributed by atoms with E-state index in [1.165, 1.54) is 0 Å². The van der Waals surface area contributed by atoms with Crippen LogP contribution < -0.4 is 0 Å². The lowest BCUT2D eigenvalue weighted by Crippen LogP contribution is -2.36. The molecule has 7 nitrogen and oxygen atoms in total. The summed E-state index contributed by atoms with van der Waals surface area (Å²) < 4.78 is 10.8. The van der Waals surface area contributed by atoms with Crippen LogP contribution in [-0.2, 0) is 29.2 Å². The van der Waals surface area contributed by atoms with E-state index in [0.29, 0.717) is 37.7 Å². The summed E-state index contributed by atoms with van der Waals surface area (Å²) in [4.78, 5) is 33.2. The number of nitrogens with zero attached hydrogens (tertiary/aromatic N) is 3. The number of rotatable bonds is 7. The Morgan fingerprint density at radius 3 is 2.57 bits per heavy atom. The number of amides is 2. The van der Waals surface area contributed by atoms with Crippen molar-refractivity contribution in [3.05, 3.63) is 78.4 Å². The average Bonchev–Trinajstić information content (AvgIpc) is 3.46. The van der Waals surface area contributed by atoms with Crippen molar-refractivity contribution in [3.8, 4) is 0 Å². The SMILES string of the molecule is O=C1CC(C(=O)N(Cc2cccnc2)Cc2ccco2)CN1Cc1ccco1. The van der Waals surface area contributed by atoms with Crippen molar-refractivity contribution in [2.24, 2.45) is 5.92 Å². The maximum Gasteiger partial charge on any atom is 0.228 e. The van der Waals surface area contributed by atoms with Crippen LogP contribution in [0.5, 0.6) is 0 Å². The Balaban J connectivity index is 1.47. The third-order valence-corrected chi connectivity index (χ3v) is 4.83. The van der Waals surface area contributed by atoms with E-state index in [1.807, 2.05) is 24.3 Å². The fraction of sp³-hybridized carbons (Fsp3) is 0.286. The largest absolute Gasteiger partial charge is 0.467 e. The zero-order valence-corrected chi connectivity index (χ0v) is 15.4. The summed E-state index contributed by atoms with van der Waals surface area (Å²) in [5, 5.41) is 0. The van der Waals surface area contributed by atoms with E-state index < -0.39 is 0 Å². The standard InChI is InChI=1S/C21H21N3O4/c25-20-10-17(13-23(20)14-18-5-2-8-27-18)21(26)24(15-19-6-3-9-28-19)12-16-4-1-7-22-11-16/h1-9,11,17H,10,12-15H2. The van der Waals surface area contributed by atoms with Gasteiger partial charge in [-0.1, -0.05) is 6.07 Å². The molecule has 0 bridgehead atoms. The van der Waals surface area contributed by atoms with Gasteiger partial charge in [0, 0.05) is 31.9 Å². The summed E-state index contributed by atoms with van der Waals surface area (Å²) in [7, 11) is 0. The monoisotopic (exact) mass is 379 g/mol. The normalized spacial score (nSPS) is 16.5. The number of hydrogen-bond acceptors (Lipinski definition) is 5. The third-order valence-electron chi connectivity index (χ3n) is 4.83. The summed E-state index contributed by atoms with van der Waals surface area (Å²) in [5.74, 6) is 0.942. The molecule has 1 saturated heterocycles. The van der Waals surface area contributed by atoms with Crippen LogP contribution in [0.2, 0.25) is 0 Å². The molecule has 28 heavy (non-hydrogen) atoms. The summed E-state index contributed by atoms with van der Waals surface area (Å²) in [6.07, 6.45) is 6.82. The first-order chi connectivity index (χ1) is 13.7. The average molecular weight is 379 g/mol. The predicted octanol–water partition coefficient (Wildman–Crippen LogP) is 2.85. The van der Waals surface area contributed by atoms with E-state index in [-0.39, 0.29) is 24.2 Å². The van der Waals surface area contributed by atoms with Crippen molar-refractivity contribution in [3.63, 3.8) is 0 Å². The molecular weight excluding hydrogens is 358 g/mol. The Bertz CT molecular complexity index is 907. The van der Waals surface area contributed by atoms with Gasteiger partial charge in [-0.15, -0.1) is 0 Å². The molecule has 7 heteroatoms. The first-order valence-electron chi connectivity index (χ1n) is 9.19. The highest BCUT2D eigenvalue weighted by molar-refractivity contribution is 5.89. The first-order valence-corrected chi connectivity index (χ1v) is 9.19. The second kappa shape index (κ2) is 8.12. The van der Waals surface area contributed by atoms with Gasteiger partial charge in [0.2, 0.25) is 11.8 Å². The van der Waals surface area contributed by atoms with Gasteiger partial charge >= 0.3 is 0 Å². The van der Waals surface area contributed by atoms with Gasteiger partial charge in [-0.05, 0) is 35.9 Å². The van der Waals surface area contributed by atoms with E-state index in [0.717, 1.165) is 5.56 Å². The van der Waals surface area contributed by atoms with Gasteiger partial charge in [0.25, 0.3) is 0 Å². The number of carbonyl (C=O) groups is 2. The molecule has 0 radical (unpaired) electrons. The molecule has 1 aliphatic heterocycles. The molecule has 0 N–H and O–H groups in total. The van der Waals surface area contributed by atoms with E-state index in [9.17, 15) is 9.59 Å². The minimum absolute atomic E-state index is 0.0333. The molecule has 1 fully saturated rings. The van der Waals surface area contributed by atoms with Crippen LogP contribution in [0.1, 0.15) is 23.5 Å². The van der Waals surface area contributed by atoms with Gasteiger partial charge in [0.1, 0.15) is 11.5 Å². The zero-order chi connectivity index (χ0) is 19.3. The molecule has 3 aromatic heterocycles.